The number of aliphatic hydroxyl groups excluding tert-OH is 1. The Bertz CT molecular complexity index is 1470. The molecular weight excluding hydrogens is 458 g/mol. The van der Waals surface area contributed by atoms with E-state index in [9.17, 15) is 14.7 Å². The van der Waals surface area contributed by atoms with Gasteiger partial charge in [-0.25, -0.2) is 0 Å². The molecule has 0 saturated carbocycles. The van der Waals surface area contributed by atoms with Crippen LogP contribution in [0.25, 0.3) is 11.0 Å². The predicted molar refractivity (Wildman–Crippen MR) is 135 cm³/mol. The average molecular weight is 484 g/mol. The number of carbonyl (C=O) groups excluding carboxylic acids is 2. The summed E-state index contributed by atoms with van der Waals surface area (Å²) in [6.45, 7) is 0.168. The third-order valence-electron chi connectivity index (χ3n) is 6.30. The molecule has 4 aromatic rings. The molecule has 8 nitrogen and oxygen atoms in total. The highest BCUT2D eigenvalue weighted by atomic mass is 16.5. The number of methoxy groups -OCH3 is 1. The molecule has 3 heterocycles. The molecule has 0 fully saturated rings. The number of hydrogen-bond acceptors (Lipinski definition) is 7. The summed E-state index contributed by atoms with van der Waals surface area (Å²) >= 11 is 0. The Balaban J connectivity index is 1.60. The van der Waals surface area contributed by atoms with Crippen molar-refractivity contribution in [1.29, 1.82) is 0 Å². The molecule has 0 spiro atoms. The lowest BCUT2D eigenvalue weighted by molar-refractivity contribution is -0.130. The van der Waals surface area contributed by atoms with Crippen LogP contribution in [0, 0.1) is 0 Å². The molecule has 0 aliphatic carbocycles. The monoisotopic (exact) mass is 483 g/mol. The van der Waals surface area contributed by atoms with Crippen molar-refractivity contribution in [3.63, 3.8) is 0 Å². The number of aromatic nitrogens is 1. The molecule has 2 aromatic heterocycles. The number of pyridine rings is 1. The zero-order valence-electron chi connectivity index (χ0n) is 20.1. The second kappa shape index (κ2) is 9.22. The average Bonchev–Trinajstić information content (AvgIpc) is 3.44. The lowest BCUT2D eigenvalue weighted by atomic mass is 9.94. The number of anilines is 1. The van der Waals surface area contributed by atoms with Crippen molar-refractivity contribution in [2.24, 2.45) is 0 Å². The van der Waals surface area contributed by atoms with Gasteiger partial charge in [-0.1, -0.05) is 30.3 Å². The van der Waals surface area contributed by atoms with E-state index in [0.29, 0.717) is 22.3 Å². The summed E-state index contributed by atoms with van der Waals surface area (Å²) in [4.78, 5) is 34.6. The van der Waals surface area contributed by atoms with Gasteiger partial charge in [0.2, 0.25) is 5.78 Å². The molecule has 1 unspecified atom stereocenters. The Labute approximate surface area is 208 Å². The van der Waals surface area contributed by atoms with E-state index in [0.717, 1.165) is 11.3 Å². The Kier molecular flexibility index (Phi) is 5.93. The summed E-state index contributed by atoms with van der Waals surface area (Å²) in [5.41, 5.74) is 2.83. The number of nitrogens with zero attached hydrogens (tertiary/aromatic N) is 3. The number of amides is 1. The molecule has 1 aliphatic heterocycles. The number of Topliss-reactive ketones (excluding diaryl/α,β-unsaturated/α-hetero) is 1. The molecule has 2 aromatic carbocycles. The van der Waals surface area contributed by atoms with Crippen molar-refractivity contribution in [1.82, 2.24) is 9.88 Å². The highest BCUT2D eigenvalue weighted by molar-refractivity contribution is 6.16. The summed E-state index contributed by atoms with van der Waals surface area (Å²) in [5.74, 6) is -1.27. The predicted octanol–water partition coefficient (Wildman–Crippen LogP) is 4.68. The lowest BCUT2D eigenvalue weighted by Gasteiger charge is -2.27. The maximum atomic E-state index is 13.8. The van der Waals surface area contributed by atoms with Crippen molar-refractivity contribution >= 4 is 28.3 Å². The standard InChI is InChI=1S/C28H25N3O5/c1-30(2)20-11-9-18(10-12-20)24-23(26(33)28(34)31(24)16-17-6-5-13-29-15-17)25(32)22-14-19-7-4-8-21(35-3)27(19)36-22/h4-15,24,33H,16H2,1-3H3. The molecule has 8 heteroatoms. The number of furan rings is 1. The van der Waals surface area contributed by atoms with Crippen LogP contribution in [0.4, 0.5) is 5.69 Å². The minimum Gasteiger partial charge on any atom is -0.503 e. The SMILES string of the molecule is COc1cccc2cc(C(=O)C3=C(O)C(=O)N(Cc4cccnc4)C3c3ccc(N(C)C)cc3)oc12. The van der Waals surface area contributed by atoms with Gasteiger partial charge in [-0.2, -0.15) is 0 Å². The number of benzene rings is 2. The third-order valence-corrected chi connectivity index (χ3v) is 6.30. The van der Waals surface area contributed by atoms with Crippen molar-refractivity contribution in [2.45, 2.75) is 12.6 Å². The van der Waals surface area contributed by atoms with Gasteiger partial charge in [0.1, 0.15) is 0 Å². The number of ether oxygens (including phenoxy) is 1. The van der Waals surface area contributed by atoms with Crippen molar-refractivity contribution in [2.75, 3.05) is 26.1 Å². The Morgan fingerprint density at radius 1 is 1.14 bits per heavy atom. The fourth-order valence-corrected chi connectivity index (χ4v) is 4.48. The molecule has 182 valence electrons. The minimum atomic E-state index is -0.809. The normalized spacial score (nSPS) is 15.6. The molecule has 0 radical (unpaired) electrons. The lowest BCUT2D eigenvalue weighted by Crippen LogP contribution is -2.30. The molecule has 1 amide bonds. The van der Waals surface area contributed by atoms with Crippen LogP contribution in [-0.2, 0) is 11.3 Å². The second-order valence-corrected chi connectivity index (χ2v) is 8.76. The Morgan fingerprint density at radius 2 is 1.92 bits per heavy atom. The van der Waals surface area contributed by atoms with Crippen LogP contribution in [-0.4, -0.2) is 47.9 Å². The van der Waals surface area contributed by atoms with Gasteiger partial charge in [-0.15, -0.1) is 0 Å². The summed E-state index contributed by atoms with van der Waals surface area (Å²) in [7, 11) is 5.38. The molecule has 1 aliphatic rings. The number of hydrogen-bond donors (Lipinski definition) is 1. The fourth-order valence-electron chi connectivity index (χ4n) is 4.48. The number of ketones is 1. The number of fused-ring (bicyclic) bond motifs is 1. The zero-order chi connectivity index (χ0) is 25.4. The van der Waals surface area contributed by atoms with E-state index in [4.69, 9.17) is 9.15 Å². The van der Waals surface area contributed by atoms with E-state index in [2.05, 4.69) is 4.98 Å². The van der Waals surface area contributed by atoms with Crippen molar-refractivity contribution in [3.8, 4) is 5.75 Å². The summed E-state index contributed by atoms with van der Waals surface area (Å²) < 4.78 is 11.2. The summed E-state index contributed by atoms with van der Waals surface area (Å²) in [6.07, 6.45) is 3.30. The smallest absolute Gasteiger partial charge is 0.290 e. The van der Waals surface area contributed by atoms with Gasteiger partial charge in [-0.3, -0.25) is 14.6 Å². The van der Waals surface area contributed by atoms with Crippen LogP contribution < -0.4 is 9.64 Å². The van der Waals surface area contributed by atoms with Crippen LogP contribution >= 0.6 is 0 Å². The van der Waals surface area contributed by atoms with Gasteiger partial charge in [0, 0.05) is 44.1 Å². The highest BCUT2D eigenvalue weighted by Gasteiger charge is 2.44. The largest absolute Gasteiger partial charge is 0.503 e. The molecule has 5 rings (SSSR count). The number of carbonyl (C=O) groups is 2. The first-order chi connectivity index (χ1) is 17.4. The zero-order valence-corrected chi connectivity index (χ0v) is 20.1. The number of rotatable bonds is 7. The Hall–Kier alpha value is -4.59. The van der Waals surface area contributed by atoms with Gasteiger partial charge < -0.3 is 24.1 Å². The Morgan fingerprint density at radius 3 is 2.58 bits per heavy atom. The van der Waals surface area contributed by atoms with E-state index >= 15 is 0 Å². The second-order valence-electron chi connectivity index (χ2n) is 8.76. The van der Waals surface area contributed by atoms with E-state index in [1.54, 1.807) is 42.7 Å². The van der Waals surface area contributed by atoms with E-state index < -0.39 is 23.5 Å². The summed E-state index contributed by atoms with van der Waals surface area (Å²) in [6, 6.07) is 17.3. The van der Waals surface area contributed by atoms with Crippen LogP contribution in [0.2, 0.25) is 0 Å². The molecular formula is C28H25N3O5. The van der Waals surface area contributed by atoms with Crippen molar-refractivity contribution in [3.05, 3.63) is 101 Å². The first kappa shape index (κ1) is 23.2. The van der Waals surface area contributed by atoms with Crippen LogP contribution in [0.3, 0.4) is 0 Å². The first-order valence-corrected chi connectivity index (χ1v) is 11.4. The first-order valence-electron chi connectivity index (χ1n) is 11.4. The maximum Gasteiger partial charge on any atom is 0.290 e. The maximum absolute atomic E-state index is 13.8. The van der Waals surface area contributed by atoms with E-state index in [-0.39, 0.29) is 17.9 Å². The van der Waals surface area contributed by atoms with Crippen LogP contribution in [0.5, 0.6) is 5.75 Å². The van der Waals surface area contributed by atoms with E-state index in [1.807, 2.05) is 49.3 Å². The van der Waals surface area contributed by atoms with Gasteiger partial charge in [0.15, 0.2) is 22.9 Å². The molecule has 0 bridgehead atoms. The van der Waals surface area contributed by atoms with Gasteiger partial charge in [0.25, 0.3) is 5.91 Å². The summed E-state index contributed by atoms with van der Waals surface area (Å²) in [5, 5.41) is 11.6. The molecule has 36 heavy (non-hydrogen) atoms. The third kappa shape index (κ3) is 3.96. The van der Waals surface area contributed by atoms with E-state index in [1.165, 1.54) is 12.0 Å². The molecule has 0 saturated heterocycles. The fraction of sp³-hybridized carbons (Fsp3) is 0.179. The quantitative estimate of drug-likeness (QED) is 0.381. The van der Waals surface area contributed by atoms with Crippen LogP contribution in [0.1, 0.15) is 27.7 Å². The van der Waals surface area contributed by atoms with Gasteiger partial charge >= 0.3 is 0 Å². The topological polar surface area (TPSA) is 96.1 Å². The molecule has 1 N–H and O–H groups in total. The number of para-hydroxylation sites is 1. The van der Waals surface area contributed by atoms with Gasteiger partial charge in [0.05, 0.1) is 18.7 Å². The van der Waals surface area contributed by atoms with Crippen molar-refractivity contribution < 1.29 is 23.8 Å². The van der Waals surface area contributed by atoms with Gasteiger partial charge in [-0.05, 0) is 41.5 Å². The van der Waals surface area contributed by atoms with Crippen LogP contribution in [0.15, 0.2) is 88.8 Å². The highest BCUT2D eigenvalue weighted by Crippen LogP contribution is 2.41. The minimum absolute atomic E-state index is 0.0157. The molecule has 1 atom stereocenters. The number of aliphatic hydroxyl groups is 1.